The molecule has 6 nitrogen and oxygen atoms in total. The minimum Gasteiger partial charge on any atom is -0.288 e. The number of hydrogen-bond donors (Lipinski definition) is 0. The van der Waals surface area contributed by atoms with Crippen molar-refractivity contribution in [2.45, 2.75) is 4.90 Å². The Morgan fingerprint density at radius 2 is 1.59 bits per heavy atom. The van der Waals surface area contributed by atoms with Gasteiger partial charge in [0.25, 0.3) is 11.6 Å². The average Bonchev–Trinajstić information content (AvgIpc) is 3.08. The lowest BCUT2D eigenvalue weighted by Gasteiger charge is -2.19. The van der Waals surface area contributed by atoms with Gasteiger partial charge in [-0.05, 0) is 36.4 Å². The van der Waals surface area contributed by atoms with Gasteiger partial charge in [-0.3, -0.25) is 24.6 Å². The molecule has 0 spiro atoms. The van der Waals surface area contributed by atoms with E-state index in [1.165, 1.54) is 47.1 Å². The van der Waals surface area contributed by atoms with Gasteiger partial charge in [-0.15, -0.1) is 0 Å². The van der Waals surface area contributed by atoms with Gasteiger partial charge in [-0.2, -0.15) is 0 Å². The summed E-state index contributed by atoms with van der Waals surface area (Å²) in [5.41, 5.74) is 1.39. The van der Waals surface area contributed by atoms with Crippen LogP contribution in [0.2, 0.25) is 0 Å². The summed E-state index contributed by atoms with van der Waals surface area (Å²) < 4.78 is 0. The third kappa shape index (κ3) is 3.68. The van der Waals surface area contributed by atoms with Gasteiger partial charge in [0.05, 0.1) is 9.83 Å². The van der Waals surface area contributed by atoms with E-state index < -0.39 is 4.92 Å². The molecule has 0 aliphatic carbocycles. The maximum atomic E-state index is 13.2. The van der Waals surface area contributed by atoms with Crippen molar-refractivity contribution in [3.8, 4) is 0 Å². The number of carbonyl (C=O) groups is 2. The molecule has 1 aliphatic heterocycles. The summed E-state index contributed by atoms with van der Waals surface area (Å²) in [6, 6.07) is 21.6. The molecule has 142 valence electrons. The molecule has 0 N–H and O–H groups in total. The number of fused-ring (bicyclic) bond motifs is 1. The monoisotopic (exact) mass is 402 g/mol. The molecule has 0 radical (unpaired) electrons. The maximum absolute atomic E-state index is 13.2. The molecule has 1 amide bonds. The number of nitro groups is 1. The number of non-ortho nitro benzene ring substituents is 1. The molecule has 1 aliphatic rings. The Hall–Kier alpha value is -3.71. The molecule has 3 aromatic rings. The Morgan fingerprint density at radius 3 is 2.24 bits per heavy atom. The quantitative estimate of drug-likeness (QED) is 0.346. The van der Waals surface area contributed by atoms with Crippen LogP contribution in [-0.4, -0.2) is 16.6 Å². The zero-order valence-corrected chi connectivity index (χ0v) is 15.8. The number of ketones is 1. The van der Waals surface area contributed by atoms with Gasteiger partial charge in [0.15, 0.2) is 0 Å². The molecule has 29 heavy (non-hydrogen) atoms. The smallest absolute Gasteiger partial charge is 0.269 e. The van der Waals surface area contributed by atoms with Gasteiger partial charge < -0.3 is 0 Å². The molecule has 0 bridgehead atoms. The molecule has 0 saturated heterocycles. The number of hydrogen-bond acceptors (Lipinski definition) is 5. The van der Waals surface area contributed by atoms with Gasteiger partial charge in [0.2, 0.25) is 5.78 Å². The van der Waals surface area contributed by atoms with Crippen molar-refractivity contribution < 1.29 is 14.5 Å². The lowest BCUT2D eigenvalue weighted by atomic mass is 10.1. The standard InChI is InChI=1S/C22H14N2O4S/c25-21-18-8-4-5-9-19(18)29-20(21)14-23(16-6-2-1-3-7-16)22(26)15-10-12-17(13-11-15)24(27)28/h1-14H. The summed E-state index contributed by atoms with van der Waals surface area (Å²) in [5.74, 6) is -0.522. The highest BCUT2D eigenvalue weighted by molar-refractivity contribution is 8.04. The number of Topliss-reactive ketones (excluding diaryl/α,β-unsaturated/α-hetero) is 1. The number of para-hydroxylation sites is 1. The van der Waals surface area contributed by atoms with Crippen LogP contribution in [0.25, 0.3) is 0 Å². The first-order chi connectivity index (χ1) is 14.0. The second-order valence-corrected chi connectivity index (χ2v) is 7.32. The topological polar surface area (TPSA) is 80.5 Å². The Bertz CT molecular complexity index is 1140. The van der Waals surface area contributed by atoms with Crippen LogP contribution < -0.4 is 4.90 Å². The third-order valence-corrected chi connectivity index (χ3v) is 5.49. The number of thioether (sulfide) groups is 1. The zero-order chi connectivity index (χ0) is 20.4. The van der Waals surface area contributed by atoms with E-state index >= 15 is 0 Å². The fraction of sp³-hybridized carbons (Fsp3) is 0. The van der Waals surface area contributed by atoms with Crippen LogP contribution >= 0.6 is 11.8 Å². The highest BCUT2D eigenvalue weighted by atomic mass is 32.2. The molecule has 3 aromatic carbocycles. The fourth-order valence-corrected chi connectivity index (χ4v) is 3.96. The molecule has 4 rings (SSSR count). The third-order valence-electron chi connectivity index (χ3n) is 4.40. The van der Waals surface area contributed by atoms with Crippen molar-refractivity contribution in [3.05, 3.63) is 111 Å². The average molecular weight is 402 g/mol. The normalized spacial score (nSPS) is 13.9. The second-order valence-electron chi connectivity index (χ2n) is 6.24. The predicted molar refractivity (Wildman–Crippen MR) is 111 cm³/mol. The number of carbonyl (C=O) groups excluding carboxylic acids is 2. The molecule has 7 heteroatoms. The first-order valence-electron chi connectivity index (χ1n) is 8.71. The molecule has 1 heterocycles. The predicted octanol–water partition coefficient (Wildman–Crippen LogP) is 5.07. The van der Waals surface area contributed by atoms with Gasteiger partial charge in [0, 0.05) is 40.0 Å². The van der Waals surface area contributed by atoms with E-state index in [2.05, 4.69) is 0 Å². The van der Waals surface area contributed by atoms with Gasteiger partial charge in [-0.25, -0.2) is 0 Å². The molecular formula is C22H14N2O4S. The number of nitrogens with zero attached hydrogens (tertiary/aromatic N) is 2. The van der Waals surface area contributed by atoms with Gasteiger partial charge >= 0.3 is 0 Å². The van der Waals surface area contributed by atoms with E-state index in [-0.39, 0.29) is 22.9 Å². The Morgan fingerprint density at radius 1 is 0.931 bits per heavy atom. The summed E-state index contributed by atoms with van der Waals surface area (Å²) in [4.78, 5) is 39.0. The van der Waals surface area contributed by atoms with Gasteiger partial charge in [-0.1, -0.05) is 42.1 Å². The molecule has 0 unspecified atom stereocenters. The maximum Gasteiger partial charge on any atom is 0.269 e. The molecule has 0 aromatic heterocycles. The summed E-state index contributed by atoms with van der Waals surface area (Å²) in [6.45, 7) is 0. The minimum absolute atomic E-state index is 0.0943. The van der Waals surface area contributed by atoms with Crippen LogP contribution in [0.5, 0.6) is 0 Å². The van der Waals surface area contributed by atoms with Crippen LogP contribution in [0.15, 0.2) is 94.9 Å². The van der Waals surface area contributed by atoms with Crippen molar-refractivity contribution in [1.29, 1.82) is 0 Å². The first kappa shape index (κ1) is 18.6. The van der Waals surface area contributed by atoms with E-state index in [0.717, 1.165) is 4.90 Å². The number of nitro benzene ring substituents is 1. The second kappa shape index (κ2) is 7.73. The summed E-state index contributed by atoms with van der Waals surface area (Å²) in [5, 5.41) is 10.9. The van der Waals surface area contributed by atoms with E-state index in [0.29, 0.717) is 16.2 Å². The van der Waals surface area contributed by atoms with Crippen LogP contribution in [0, 0.1) is 10.1 Å². The lowest BCUT2D eigenvalue weighted by Crippen LogP contribution is -2.26. The number of anilines is 1. The number of benzene rings is 3. The Labute approximate surface area is 170 Å². The van der Waals surface area contributed by atoms with Crippen molar-refractivity contribution in [2.75, 3.05) is 4.90 Å². The largest absolute Gasteiger partial charge is 0.288 e. The van der Waals surface area contributed by atoms with E-state index in [4.69, 9.17) is 0 Å². The number of amides is 1. The highest BCUT2D eigenvalue weighted by Gasteiger charge is 2.28. The molecule has 0 fully saturated rings. The molecule has 0 saturated carbocycles. The first-order valence-corrected chi connectivity index (χ1v) is 9.53. The van der Waals surface area contributed by atoms with Crippen molar-refractivity contribution >= 4 is 34.8 Å². The van der Waals surface area contributed by atoms with Crippen molar-refractivity contribution in [3.63, 3.8) is 0 Å². The zero-order valence-electron chi connectivity index (χ0n) is 15.0. The van der Waals surface area contributed by atoms with Crippen molar-refractivity contribution in [1.82, 2.24) is 0 Å². The fourth-order valence-electron chi connectivity index (χ4n) is 2.95. The van der Waals surface area contributed by atoms with Crippen LogP contribution in [0.1, 0.15) is 20.7 Å². The van der Waals surface area contributed by atoms with E-state index in [9.17, 15) is 19.7 Å². The minimum atomic E-state index is -0.518. The highest BCUT2D eigenvalue weighted by Crippen LogP contribution is 2.40. The van der Waals surface area contributed by atoms with Crippen LogP contribution in [-0.2, 0) is 0 Å². The van der Waals surface area contributed by atoms with E-state index in [1.54, 1.807) is 36.4 Å². The summed E-state index contributed by atoms with van der Waals surface area (Å²) >= 11 is 1.31. The Kier molecular flexibility index (Phi) is 4.97. The van der Waals surface area contributed by atoms with Crippen LogP contribution in [0.4, 0.5) is 11.4 Å². The van der Waals surface area contributed by atoms with E-state index in [1.807, 2.05) is 18.2 Å². The lowest BCUT2D eigenvalue weighted by molar-refractivity contribution is -0.384. The Balaban J connectivity index is 1.73. The number of allylic oxidation sites excluding steroid dienone is 1. The summed E-state index contributed by atoms with van der Waals surface area (Å²) in [7, 11) is 0. The summed E-state index contributed by atoms with van der Waals surface area (Å²) in [6.07, 6.45) is 1.53. The molecule has 0 atom stereocenters. The molecular weight excluding hydrogens is 388 g/mol. The van der Waals surface area contributed by atoms with Crippen LogP contribution in [0.3, 0.4) is 0 Å². The van der Waals surface area contributed by atoms with Gasteiger partial charge in [0.1, 0.15) is 0 Å². The van der Waals surface area contributed by atoms with Crippen molar-refractivity contribution in [2.24, 2.45) is 0 Å². The number of rotatable bonds is 4. The SMILES string of the molecule is O=C1C(=CN(C(=O)c2ccc([N+](=O)[O-])cc2)c2ccccc2)Sc2ccccc21.